The lowest BCUT2D eigenvalue weighted by molar-refractivity contribution is -0.131. The molecule has 1 unspecified atom stereocenters. The number of rotatable bonds is 5. The van der Waals surface area contributed by atoms with Gasteiger partial charge >= 0.3 is 0 Å². The van der Waals surface area contributed by atoms with Crippen LogP contribution in [0.2, 0.25) is 0 Å². The van der Waals surface area contributed by atoms with Crippen LogP contribution in [0.4, 0.5) is 0 Å². The van der Waals surface area contributed by atoms with Crippen molar-refractivity contribution in [1.29, 1.82) is 0 Å². The van der Waals surface area contributed by atoms with Gasteiger partial charge in [0.15, 0.2) is 0 Å². The lowest BCUT2D eigenvalue weighted by Gasteiger charge is -2.21. The number of aromatic nitrogens is 3. The quantitative estimate of drug-likeness (QED) is 0.848. The van der Waals surface area contributed by atoms with Gasteiger partial charge in [-0.1, -0.05) is 18.2 Å². The fourth-order valence-corrected chi connectivity index (χ4v) is 2.57. The summed E-state index contributed by atoms with van der Waals surface area (Å²) in [7, 11) is 0. The van der Waals surface area contributed by atoms with Crippen LogP contribution in [0.15, 0.2) is 36.5 Å². The van der Waals surface area contributed by atoms with Crippen molar-refractivity contribution in [3.63, 3.8) is 0 Å². The van der Waals surface area contributed by atoms with Crippen molar-refractivity contribution in [3.05, 3.63) is 42.2 Å². The molecule has 1 aromatic carbocycles. The fraction of sp³-hybridized carbons (Fsp3) is 0.400. The topological polar surface area (TPSA) is 91.3 Å². The molecule has 7 nitrogen and oxygen atoms in total. The van der Waals surface area contributed by atoms with Crippen LogP contribution in [-0.2, 0) is 10.4 Å². The fourth-order valence-electron chi connectivity index (χ4n) is 2.57. The molecule has 0 saturated carbocycles. The maximum absolute atomic E-state index is 12.2. The van der Waals surface area contributed by atoms with Gasteiger partial charge in [-0.15, -0.1) is 0 Å². The number of aromatic amines is 1. The molecule has 1 aromatic heterocycles. The molecule has 1 amide bonds. The molecule has 3 rings (SSSR count). The maximum atomic E-state index is 12.2. The molecule has 1 aliphatic rings. The van der Waals surface area contributed by atoms with E-state index in [-0.39, 0.29) is 18.9 Å². The normalized spacial score (nSPS) is 21.0. The molecule has 116 valence electrons. The molecule has 7 heteroatoms. The minimum Gasteiger partial charge on any atom is -0.493 e. The first-order valence-corrected chi connectivity index (χ1v) is 7.22. The van der Waals surface area contributed by atoms with Gasteiger partial charge in [0.2, 0.25) is 5.91 Å². The molecule has 2 heterocycles. The number of carbonyl (C=O) groups excluding carboxylic acids is 1. The van der Waals surface area contributed by atoms with Crippen molar-refractivity contribution in [2.24, 2.45) is 0 Å². The van der Waals surface area contributed by atoms with Gasteiger partial charge in [-0.3, -0.25) is 4.79 Å². The smallest absolute Gasteiger partial charge is 0.226 e. The van der Waals surface area contributed by atoms with Crippen LogP contribution in [0.1, 0.15) is 18.5 Å². The number of nitrogens with one attached hydrogen (secondary N) is 1. The largest absolute Gasteiger partial charge is 0.493 e. The zero-order valence-electron chi connectivity index (χ0n) is 12.1. The second-order valence-corrected chi connectivity index (χ2v) is 5.36. The molecule has 1 fully saturated rings. The van der Waals surface area contributed by atoms with Gasteiger partial charge in [0.05, 0.1) is 25.8 Å². The summed E-state index contributed by atoms with van der Waals surface area (Å²) in [6, 6.07) is 9.38. The van der Waals surface area contributed by atoms with E-state index in [1.54, 1.807) is 4.90 Å². The number of amides is 1. The zero-order chi connectivity index (χ0) is 15.4. The maximum Gasteiger partial charge on any atom is 0.226 e. The number of aliphatic hydroxyl groups is 1. The second kappa shape index (κ2) is 6.15. The molecule has 0 spiro atoms. The number of carbonyl (C=O) groups is 1. The minimum atomic E-state index is -1.11. The molecule has 1 atom stereocenters. The number of H-pyrrole nitrogens is 1. The number of likely N-dealkylation sites (tertiary alicyclic amines) is 1. The summed E-state index contributed by atoms with van der Waals surface area (Å²) in [4.78, 5) is 13.8. The van der Waals surface area contributed by atoms with Crippen molar-refractivity contribution in [2.75, 3.05) is 19.7 Å². The lowest BCUT2D eigenvalue weighted by Crippen LogP contribution is -2.35. The van der Waals surface area contributed by atoms with Crippen LogP contribution in [0, 0.1) is 0 Å². The van der Waals surface area contributed by atoms with Gasteiger partial charge in [-0.2, -0.15) is 15.4 Å². The summed E-state index contributed by atoms with van der Waals surface area (Å²) >= 11 is 0. The van der Waals surface area contributed by atoms with E-state index in [4.69, 9.17) is 4.74 Å². The van der Waals surface area contributed by atoms with Crippen molar-refractivity contribution >= 4 is 5.91 Å². The van der Waals surface area contributed by atoms with Crippen LogP contribution in [0.25, 0.3) is 0 Å². The number of para-hydroxylation sites is 1. The van der Waals surface area contributed by atoms with Crippen molar-refractivity contribution in [1.82, 2.24) is 20.3 Å². The van der Waals surface area contributed by atoms with Crippen molar-refractivity contribution < 1.29 is 14.6 Å². The Bertz CT molecular complexity index is 617. The third-order valence-electron chi connectivity index (χ3n) is 3.82. The molecule has 0 aliphatic carbocycles. The summed E-state index contributed by atoms with van der Waals surface area (Å²) in [5.74, 6) is 0.714. The summed E-state index contributed by atoms with van der Waals surface area (Å²) in [6.07, 6.45) is 2.24. The third-order valence-corrected chi connectivity index (χ3v) is 3.82. The number of hydrogen-bond acceptors (Lipinski definition) is 5. The number of nitrogens with zero attached hydrogens (tertiary/aromatic N) is 3. The number of hydrogen-bond donors (Lipinski definition) is 2. The number of ether oxygens (including phenoxy) is 1. The Kier molecular flexibility index (Phi) is 4.06. The van der Waals surface area contributed by atoms with Crippen LogP contribution < -0.4 is 4.74 Å². The predicted octanol–water partition coefficient (Wildman–Crippen LogP) is 0.694. The number of β-amino-alcohol motifs (C(OH)–C–C–N with tert-alkyl or cyclic N) is 1. The van der Waals surface area contributed by atoms with E-state index >= 15 is 0 Å². The van der Waals surface area contributed by atoms with Gasteiger partial charge in [0.1, 0.15) is 17.0 Å². The van der Waals surface area contributed by atoms with E-state index in [1.165, 1.54) is 6.20 Å². The molecule has 22 heavy (non-hydrogen) atoms. The Morgan fingerprint density at radius 1 is 1.41 bits per heavy atom. The van der Waals surface area contributed by atoms with Crippen LogP contribution >= 0.6 is 0 Å². The highest BCUT2D eigenvalue weighted by atomic mass is 16.5. The van der Waals surface area contributed by atoms with E-state index in [2.05, 4.69) is 15.4 Å². The molecule has 2 aromatic rings. The number of benzene rings is 1. The first-order valence-electron chi connectivity index (χ1n) is 7.22. The summed E-state index contributed by atoms with van der Waals surface area (Å²) in [6.45, 7) is 1.07. The van der Waals surface area contributed by atoms with E-state index in [9.17, 15) is 9.90 Å². The standard InChI is InChI=1S/C15H18N4O3/c20-14(6-9-22-12-4-2-1-3-5-12)19-8-7-15(21,11-19)13-10-16-18-17-13/h1-5,10,21H,6-9,11H2,(H,16,17,18). The van der Waals surface area contributed by atoms with Crippen LogP contribution in [0.5, 0.6) is 5.75 Å². The molecule has 1 aliphatic heterocycles. The highest BCUT2D eigenvalue weighted by Gasteiger charge is 2.41. The van der Waals surface area contributed by atoms with Crippen LogP contribution in [0.3, 0.4) is 0 Å². The first kappa shape index (κ1) is 14.5. The summed E-state index contributed by atoms with van der Waals surface area (Å²) < 4.78 is 5.52. The first-order chi connectivity index (χ1) is 10.7. The van der Waals surface area contributed by atoms with E-state index in [0.29, 0.717) is 25.3 Å². The zero-order valence-corrected chi connectivity index (χ0v) is 12.1. The molecular formula is C15H18N4O3. The molecule has 0 radical (unpaired) electrons. The molecule has 1 saturated heterocycles. The molecule has 0 bridgehead atoms. The van der Waals surface area contributed by atoms with Gasteiger partial charge in [-0.25, -0.2) is 0 Å². The summed E-state index contributed by atoms with van der Waals surface area (Å²) in [5.41, 5.74) is -0.633. The Morgan fingerprint density at radius 2 is 2.23 bits per heavy atom. The molecule has 2 N–H and O–H groups in total. The van der Waals surface area contributed by atoms with E-state index in [0.717, 1.165) is 5.75 Å². The van der Waals surface area contributed by atoms with Gasteiger partial charge in [-0.05, 0) is 12.1 Å². The van der Waals surface area contributed by atoms with Gasteiger partial charge < -0.3 is 14.7 Å². The Morgan fingerprint density at radius 3 is 2.95 bits per heavy atom. The second-order valence-electron chi connectivity index (χ2n) is 5.36. The van der Waals surface area contributed by atoms with Gasteiger partial charge in [0.25, 0.3) is 0 Å². The van der Waals surface area contributed by atoms with Crippen molar-refractivity contribution in [2.45, 2.75) is 18.4 Å². The SMILES string of the molecule is O=C(CCOc1ccccc1)N1CCC(O)(c2cn[nH]n2)C1. The summed E-state index contributed by atoms with van der Waals surface area (Å²) in [5, 5.41) is 20.6. The lowest BCUT2D eigenvalue weighted by atomic mass is 10.0. The minimum absolute atomic E-state index is 0.0321. The highest BCUT2D eigenvalue weighted by molar-refractivity contribution is 5.76. The highest BCUT2D eigenvalue weighted by Crippen LogP contribution is 2.30. The predicted molar refractivity (Wildman–Crippen MR) is 78.0 cm³/mol. The Labute approximate surface area is 127 Å². The average Bonchev–Trinajstić information content (AvgIpc) is 3.18. The van der Waals surface area contributed by atoms with Crippen molar-refractivity contribution in [3.8, 4) is 5.75 Å². The Balaban J connectivity index is 1.49. The molecular weight excluding hydrogens is 284 g/mol. The average molecular weight is 302 g/mol. The van der Waals surface area contributed by atoms with E-state index in [1.807, 2.05) is 30.3 Å². The Hall–Kier alpha value is -2.41. The third kappa shape index (κ3) is 3.09. The van der Waals surface area contributed by atoms with E-state index < -0.39 is 5.60 Å². The van der Waals surface area contributed by atoms with Gasteiger partial charge in [0, 0.05) is 13.0 Å². The van der Waals surface area contributed by atoms with Crippen LogP contribution in [-0.4, -0.2) is 51.0 Å². The monoisotopic (exact) mass is 302 g/mol.